The summed E-state index contributed by atoms with van der Waals surface area (Å²) in [5.41, 5.74) is 1.70. The number of rotatable bonds is 7. The SMILES string of the molecule is COc1ccc(CCNC(=O)NCC(O)c2ccccc2Cl)cc1. The Morgan fingerprint density at radius 3 is 2.54 bits per heavy atom. The zero-order valence-corrected chi connectivity index (χ0v) is 14.2. The number of hydrogen-bond donors (Lipinski definition) is 3. The number of aliphatic hydroxyl groups excluding tert-OH is 1. The number of methoxy groups -OCH3 is 1. The van der Waals surface area contributed by atoms with E-state index in [1.54, 1.807) is 31.4 Å². The highest BCUT2D eigenvalue weighted by atomic mass is 35.5. The molecule has 3 N–H and O–H groups in total. The number of carbonyl (C=O) groups excluding carboxylic acids is 1. The molecule has 0 spiro atoms. The maximum atomic E-state index is 11.8. The van der Waals surface area contributed by atoms with Crippen LogP contribution in [-0.4, -0.2) is 31.3 Å². The molecule has 0 aliphatic rings. The number of halogens is 1. The van der Waals surface area contributed by atoms with Crippen LogP contribution in [0.25, 0.3) is 0 Å². The summed E-state index contributed by atoms with van der Waals surface area (Å²) in [4.78, 5) is 11.8. The number of nitrogens with one attached hydrogen (secondary N) is 2. The third kappa shape index (κ3) is 5.44. The molecular formula is C18H21ClN2O3. The molecule has 0 aliphatic heterocycles. The summed E-state index contributed by atoms with van der Waals surface area (Å²) in [7, 11) is 1.62. The third-order valence-electron chi connectivity index (χ3n) is 3.58. The molecule has 0 fully saturated rings. The fourth-order valence-electron chi connectivity index (χ4n) is 2.22. The molecule has 0 aliphatic carbocycles. The van der Waals surface area contributed by atoms with Gasteiger partial charge >= 0.3 is 6.03 Å². The van der Waals surface area contributed by atoms with E-state index in [2.05, 4.69) is 10.6 Å². The molecule has 2 aromatic carbocycles. The van der Waals surface area contributed by atoms with E-state index >= 15 is 0 Å². The molecule has 5 nitrogen and oxygen atoms in total. The Kier molecular flexibility index (Phi) is 6.90. The number of ether oxygens (including phenoxy) is 1. The second-order valence-corrected chi connectivity index (χ2v) is 5.68. The molecule has 128 valence electrons. The van der Waals surface area contributed by atoms with Gasteiger partial charge in [-0.1, -0.05) is 41.9 Å². The van der Waals surface area contributed by atoms with Gasteiger partial charge in [0.2, 0.25) is 0 Å². The highest BCUT2D eigenvalue weighted by Crippen LogP contribution is 2.21. The molecule has 1 atom stereocenters. The first-order valence-corrected chi connectivity index (χ1v) is 8.05. The summed E-state index contributed by atoms with van der Waals surface area (Å²) in [5.74, 6) is 0.804. The molecule has 2 aromatic rings. The van der Waals surface area contributed by atoms with Crippen LogP contribution in [0, 0.1) is 0 Å². The lowest BCUT2D eigenvalue weighted by atomic mass is 10.1. The molecular weight excluding hydrogens is 328 g/mol. The van der Waals surface area contributed by atoms with Gasteiger partial charge in [0, 0.05) is 23.7 Å². The molecule has 2 amide bonds. The Morgan fingerprint density at radius 1 is 1.17 bits per heavy atom. The van der Waals surface area contributed by atoms with Crippen LogP contribution in [0.15, 0.2) is 48.5 Å². The largest absolute Gasteiger partial charge is 0.497 e. The van der Waals surface area contributed by atoms with Crippen molar-refractivity contribution >= 4 is 17.6 Å². The van der Waals surface area contributed by atoms with Gasteiger partial charge in [0.15, 0.2) is 0 Å². The van der Waals surface area contributed by atoms with Crippen LogP contribution in [0.1, 0.15) is 17.2 Å². The van der Waals surface area contributed by atoms with Crippen molar-refractivity contribution in [1.82, 2.24) is 10.6 Å². The van der Waals surface area contributed by atoms with E-state index in [0.29, 0.717) is 23.6 Å². The Hall–Kier alpha value is -2.24. The van der Waals surface area contributed by atoms with Crippen molar-refractivity contribution in [2.24, 2.45) is 0 Å². The Morgan fingerprint density at radius 2 is 1.88 bits per heavy atom. The van der Waals surface area contributed by atoms with Crippen LogP contribution in [0.2, 0.25) is 5.02 Å². The molecule has 2 rings (SSSR count). The van der Waals surface area contributed by atoms with Gasteiger partial charge in [0.05, 0.1) is 13.2 Å². The van der Waals surface area contributed by atoms with Crippen molar-refractivity contribution in [3.8, 4) is 5.75 Å². The van der Waals surface area contributed by atoms with Crippen molar-refractivity contribution in [1.29, 1.82) is 0 Å². The number of hydrogen-bond acceptors (Lipinski definition) is 3. The summed E-state index contributed by atoms with van der Waals surface area (Å²) in [5, 5.41) is 15.9. The second-order valence-electron chi connectivity index (χ2n) is 5.27. The summed E-state index contributed by atoms with van der Waals surface area (Å²) < 4.78 is 5.10. The summed E-state index contributed by atoms with van der Waals surface area (Å²) in [6.07, 6.45) is -0.129. The first-order chi connectivity index (χ1) is 11.6. The lowest BCUT2D eigenvalue weighted by Gasteiger charge is -2.14. The minimum atomic E-state index is -0.842. The van der Waals surface area contributed by atoms with Gasteiger partial charge < -0.3 is 20.5 Å². The summed E-state index contributed by atoms with van der Waals surface area (Å²) in [6, 6.07) is 14.4. The molecule has 0 saturated carbocycles. The fraction of sp³-hybridized carbons (Fsp3) is 0.278. The molecule has 1 unspecified atom stereocenters. The van der Waals surface area contributed by atoms with Crippen LogP contribution in [0.4, 0.5) is 4.79 Å². The standard InChI is InChI=1S/C18H21ClN2O3/c1-24-14-8-6-13(7-9-14)10-11-20-18(23)21-12-17(22)15-4-2-3-5-16(15)19/h2-9,17,22H,10-12H2,1H3,(H2,20,21,23). The summed E-state index contributed by atoms with van der Waals surface area (Å²) >= 11 is 6.01. The first-order valence-electron chi connectivity index (χ1n) is 7.67. The van der Waals surface area contributed by atoms with E-state index in [0.717, 1.165) is 11.3 Å². The fourth-order valence-corrected chi connectivity index (χ4v) is 2.48. The van der Waals surface area contributed by atoms with Gasteiger partial charge in [0.25, 0.3) is 0 Å². The average molecular weight is 349 g/mol. The zero-order valence-electron chi connectivity index (χ0n) is 13.5. The highest BCUT2D eigenvalue weighted by molar-refractivity contribution is 6.31. The van der Waals surface area contributed by atoms with Crippen molar-refractivity contribution in [3.05, 3.63) is 64.7 Å². The molecule has 0 heterocycles. The predicted molar refractivity (Wildman–Crippen MR) is 94.5 cm³/mol. The molecule has 6 heteroatoms. The van der Waals surface area contributed by atoms with E-state index in [4.69, 9.17) is 16.3 Å². The molecule has 0 saturated heterocycles. The minimum Gasteiger partial charge on any atom is -0.497 e. The van der Waals surface area contributed by atoms with Gasteiger partial charge in [-0.25, -0.2) is 4.79 Å². The first kappa shape index (κ1) is 18.1. The maximum absolute atomic E-state index is 11.8. The lowest BCUT2D eigenvalue weighted by molar-refractivity contribution is 0.173. The Bertz CT molecular complexity index is 662. The molecule has 0 aromatic heterocycles. The monoisotopic (exact) mass is 348 g/mol. The van der Waals surface area contributed by atoms with E-state index < -0.39 is 6.10 Å². The van der Waals surface area contributed by atoms with E-state index in [1.807, 2.05) is 24.3 Å². The second kappa shape index (κ2) is 9.15. The number of aliphatic hydroxyl groups is 1. The van der Waals surface area contributed by atoms with Crippen molar-refractivity contribution in [2.75, 3.05) is 20.2 Å². The average Bonchev–Trinajstić information content (AvgIpc) is 2.60. The van der Waals surface area contributed by atoms with E-state index in [-0.39, 0.29) is 12.6 Å². The van der Waals surface area contributed by atoms with Crippen LogP contribution < -0.4 is 15.4 Å². The molecule has 0 bridgehead atoms. The molecule has 24 heavy (non-hydrogen) atoms. The Labute approximate surface area is 146 Å². The van der Waals surface area contributed by atoms with Gasteiger partial charge in [-0.2, -0.15) is 0 Å². The number of urea groups is 1. The Balaban J connectivity index is 1.70. The van der Waals surface area contributed by atoms with Crippen molar-refractivity contribution < 1.29 is 14.6 Å². The van der Waals surface area contributed by atoms with Crippen molar-refractivity contribution in [3.63, 3.8) is 0 Å². The molecule has 0 radical (unpaired) electrons. The van der Waals surface area contributed by atoms with Gasteiger partial charge in [-0.3, -0.25) is 0 Å². The predicted octanol–water partition coefficient (Wildman–Crippen LogP) is 2.92. The van der Waals surface area contributed by atoms with E-state index in [9.17, 15) is 9.90 Å². The number of carbonyl (C=O) groups is 1. The lowest BCUT2D eigenvalue weighted by Crippen LogP contribution is -2.38. The number of benzene rings is 2. The van der Waals surface area contributed by atoms with Gasteiger partial charge in [-0.05, 0) is 30.2 Å². The minimum absolute atomic E-state index is 0.0953. The zero-order chi connectivity index (χ0) is 17.4. The van der Waals surface area contributed by atoms with Gasteiger partial charge in [-0.15, -0.1) is 0 Å². The topological polar surface area (TPSA) is 70.6 Å². The van der Waals surface area contributed by atoms with Crippen LogP contribution >= 0.6 is 11.6 Å². The maximum Gasteiger partial charge on any atom is 0.314 e. The van der Waals surface area contributed by atoms with E-state index in [1.165, 1.54) is 0 Å². The summed E-state index contributed by atoms with van der Waals surface area (Å²) in [6.45, 7) is 0.596. The number of amides is 2. The van der Waals surface area contributed by atoms with Crippen LogP contribution in [0.5, 0.6) is 5.75 Å². The quantitative estimate of drug-likeness (QED) is 0.720. The third-order valence-corrected chi connectivity index (χ3v) is 3.92. The van der Waals surface area contributed by atoms with Gasteiger partial charge in [0.1, 0.15) is 5.75 Å². The normalized spacial score (nSPS) is 11.6. The highest BCUT2D eigenvalue weighted by Gasteiger charge is 2.12. The van der Waals surface area contributed by atoms with Crippen molar-refractivity contribution in [2.45, 2.75) is 12.5 Å². The van der Waals surface area contributed by atoms with Crippen LogP contribution in [0.3, 0.4) is 0 Å². The smallest absolute Gasteiger partial charge is 0.314 e. The van der Waals surface area contributed by atoms with Crippen LogP contribution in [-0.2, 0) is 6.42 Å².